The third-order valence-electron chi connectivity index (χ3n) is 5.04. The molecule has 1 saturated heterocycles. The lowest BCUT2D eigenvalue weighted by Crippen LogP contribution is -2.48. The Morgan fingerprint density at radius 1 is 1.23 bits per heavy atom. The van der Waals surface area contributed by atoms with Crippen molar-refractivity contribution in [3.8, 4) is 0 Å². The van der Waals surface area contributed by atoms with Gasteiger partial charge in [-0.1, -0.05) is 12.1 Å². The molecule has 0 spiro atoms. The van der Waals surface area contributed by atoms with E-state index in [1.165, 1.54) is 6.26 Å². The van der Waals surface area contributed by atoms with Crippen LogP contribution in [0.3, 0.4) is 0 Å². The first-order chi connectivity index (χ1) is 15.1. The number of nitrogens with one attached hydrogen (secondary N) is 2. The largest absolute Gasteiger partial charge is 0.466 e. The fourth-order valence-corrected chi connectivity index (χ4v) is 3.51. The molecule has 1 aromatic heterocycles. The molecular weight excluding hydrogens is 396 g/mol. The van der Waals surface area contributed by atoms with Crippen LogP contribution in [-0.4, -0.2) is 49.0 Å². The summed E-state index contributed by atoms with van der Waals surface area (Å²) >= 11 is 0. The molecule has 1 fully saturated rings. The zero-order valence-electron chi connectivity index (χ0n) is 18.1. The summed E-state index contributed by atoms with van der Waals surface area (Å²) in [5.41, 5.74) is 1.71. The molecule has 2 aromatic rings. The predicted octanol–water partition coefficient (Wildman–Crippen LogP) is 3.27. The fraction of sp³-hybridized carbons (Fsp3) is 0.435. The number of likely N-dealkylation sites (tertiary alicyclic amines) is 1. The molecule has 8 nitrogen and oxygen atoms in total. The minimum Gasteiger partial charge on any atom is -0.466 e. The van der Waals surface area contributed by atoms with Crippen LogP contribution in [0.5, 0.6) is 0 Å². The first kappa shape index (κ1) is 22.4. The second kappa shape index (κ2) is 11.2. The molecule has 1 atom stereocenters. The topological polar surface area (TPSA) is 96.2 Å². The van der Waals surface area contributed by atoms with E-state index in [2.05, 4.69) is 15.5 Å². The van der Waals surface area contributed by atoms with Gasteiger partial charge in [-0.25, -0.2) is 4.99 Å². The number of anilines is 1. The quantitative estimate of drug-likeness (QED) is 0.401. The SMILES string of the molecule is CCNC(=NCc1ccc(NC(=O)c2ccco2)cc1)N1CCCC(C(=O)OCC)C1. The molecule has 2 heterocycles. The van der Waals surface area contributed by atoms with E-state index in [0.29, 0.717) is 25.4 Å². The van der Waals surface area contributed by atoms with Crippen molar-refractivity contribution in [1.82, 2.24) is 10.2 Å². The second-order valence-corrected chi connectivity index (χ2v) is 7.34. The summed E-state index contributed by atoms with van der Waals surface area (Å²) in [7, 11) is 0. The molecule has 3 rings (SSSR count). The maximum absolute atomic E-state index is 12.1. The van der Waals surface area contributed by atoms with Gasteiger partial charge in [0.1, 0.15) is 0 Å². The normalized spacial score (nSPS) is 16.6. The van der Waals surface area contributed by atoms with Gasteiger partial charge >= 0.3 is 5.97 Å². The van der Waals surface area contributed by atoms with Crippen molar-refractivity contribution >= 4 is 23.5 Å². The Kier molecular flexibility index (Phi) is 8.09. The summed E-state index contributed by atoms with van der Waals surface area (Å²) < 4.78 is 10.3. The molecular formula is C23H30N4O4. The summed E-state index contributed by atoms with van der Waals surface area (Å²) in [5, 5.41) is 6.12. The summed E-state index contributed by atoms with van der Waals surface area (Å²) in [4.78, 5) is 31.1. The van der Waals surface area contributed by atoms with Gasteiger partial charge in [0.25, 0.3) is 5.91 Å². The van der Waals surface area contributed by atoms with Crippen molar-refractivity contribution in [2.45, 2.75) is 33.2 Å². The first-order valence-electron chi connectivity index (χ1n) is 10.7. The number of amides is 1. The number of hydrogen-bond acceptors (Lipinski definition) is 5. The van der Waals surface area contributed by atoms with Gasteiger partial charge in [0.15, 0.2) is 11.7 Å². The van der Waals surface area contributed by atoms with Crippen molar-refractivity contribution < 1.29 is 18.7 Å². The number of furan rings is 1. The highest BCUT2D eigenvalue weighted by Crippen LogP contribution is 2.19. The van der Waals surface area contributed by atoms with E-state index in [0.717, 1.165) is 37.5 Å². The molecule has 0 aliphatic carbocycles. The van der Waals surface area contributed by atoms with Crippen molar-refractivity contribution in [1.29, 1.82) is 0 Å². The van der Waals surface area contributed by atoms with E-state index >= 15 is 0 Å². The Hall–Kier alpha value is -3.29. The molecule has 166 valence electrons. The number of carbonyl (C=O) groups excluding carboxylic acids is 2. The van der Waals surface area contributed by atoms with Crippen molar-refractivity contribution in [3.63, 3.8) is 0 Å². The number of nitrogens with zero attached hydrogens (tertiary/aromatic N) is 2. The Labute approximate surface area is 182 Å². The fourth-order valence-electron chi connectivity index (χ4n) is 3.51. The Bertz CT molecular complexity index is 877. The third-order valence-corrected chi connectivity index (χ3v) is 5.04. The molecule has 0 radical (unpaired) electrons. The predicted molar refractivity (Wildman–Crippen MR) is 119 cm³/mol. The van der Waals surface area contributed by atoms with Gasteiger partial charge in [-0.2, -0.15) is 0 Å². The standard InChI is InChI=1S/C23H30N4O4/c1-3-24-23(27-13-5-7-18(16-27)22(29)30-4-2)25-15-17-9-11-19(12-10-17)26-21(28)20-8-6-14-31-20/h6,8-12,14,18H,3-5,7,13,15-16H2,1-2H3,(H,24,25)(H,26,28). The van der Waals surface area contributed by atoms with Crippen LogP contribution in [0.4, 0.5) is 5.69 Å². The number of piperidine rings is 1. The van der Waals surface area contributed by atoms with E-state index in [9.17, 15) is 9.59 Å². The summed E-state index contributed by atoms with van der Waals surface area (Å²) in [5.74, 6) is 0.537. The number of esters is 1. The monoisotopic (exact) mass is 426 g/mol. The molecule has 0 saturated carbocycles. The molecule has 1 amide bonds. The zero-order valence-corrected chi connectivity index (χ0v) is 18.1. The molecule has 0 bridgehead atoms. The van der Waals surface area contributed by atoms with Gasteiger partial charge in [-0.15, -0.1) is 0 Å². The van der Waals surface area contributed by atoms with Crippen LogP contribution in [-0.2, 0) is 16.1 Å². The summed E-state index contributed by atoms with van der Waals surface area (Å²) in [6.07, 6.45) is 3.24. The van der Waals surface area contributed by atoms with Crippen molar-refractivity contribution in [2.75, 3.05) is 31.6 Å². The summed E-state index contributed by atoms with van der Waals surface area (Å²) in [6.45, 7) is 6.98. The highest BCUT2D eigenvalue weighted by Gasteiger charge is 2.28. The van der Waals surface area contributed by atoms with Gasteiger partial charge in [0.05, 0.1) is 25.3 Å². The van der Waals surface area contributed by atoms with Gasteiger partial charge in [0.2, 0.25) is 0 Å². The Balaban J connectivity index is 1.60. The highest BCUT2D eigenvalue weighted by atomic mass is 16.5. The molecule has 1 aromatic carbocycles. The number of benzene rings is 1. The van der Waals surface area contributed by atoms with Crippen molar-refractivity contribution in [2.24, 2.45) is 10.9 Å². The van der Waals surface area contributed by atoms with Crippen LogP contribution in [0, 0.1) is 5.92 Å². The molecule has 2 N–H and O–H groups in total. The smallest absolute Gasteiger partial charge is 0.310 e. The van der Waals surface area contributed by atoms with Gasteiger partial charge in [-0.05, 0) is 56.5 Å². The van der Waals surface area contributed by atoms with E-state index < -0.39 is 0 Å². The van der Waals surface area contributed by atoms with Crippen LogP contribution in [0.1, 0.15) is 42.8 Å². The van der Waals surface area contributed by atoms with E-state index in [-0.39, 0.29) is 23.6 Å². The molecule has 31 heavy (non-hydrogen) atoms. The van der Waals surface area contributed by atoms with Gasteiger partial charge in [0, 0.05) is 25.3 Å². The Morgan fingerprint density at radius 3 is 2.71 bits per heavy atom. The molecule has 1 aliphatic heterocycles. The number of guanidine groups is 1. The maximum atomic E-state index is 12.1. The molecule has 1 aliphatic rings. The second-order valence-electron chi connectivity index (χ2n) is 7.34. The molecule has 1 unspecified atom stereocenters. The average Bonchev–Trinajstić information content (AvgIpc) is 3.33. The lowest BCUT2D eigenvalue weighted by Gasteiger charge is -2.34. The minimum atomic E-state index is -0.286. The van der Waals surface area contributed by atoms with Gasteiger partial charge in [-0.3, -0.25) is 9.59 Å². The van der Waals surface area contributed by atoms with Crippen LogP contribution < -0.4 is 10.6 Å². The van der Waals surface area contributed by atoms with Crippen LogP contribution >= 0.6 is 0 Å². The molecule has 8 heteroatoms. The highest BCUT2D eigenvalue weighted by molar-refractivity contribution is 6.02. The number of ether oxygens (including phenoxy) is 1. The zero-order chi connectivity index (χ0) is 22.1. The lowest BCUT2D eigenvalue weighted by atomic mass is 9.98. The first-order valence-corrected chi connectivity index (χ1v) is 10.7. The Morgan fingerprint density at radius 2 is 2.03 bits per heavy atom. The van der Waals surface area contributed by atoms with Gasteiger partial charge < -0.3 is 24.7 Å². The van der Waals surface area contributed by atoms with E-state index in [1.807, 2.05) is 38.1 Å². The number of rotatable bonds is 7. The average molecular weight is 427 g/mol. The van der Waals surface area contributed by atoms with E-state index in [1.54, 1.807) is 12.1 Å². The lowest BCUT2D eigenvalue weighted by molar-refractivity contribution is -0.149. The number of hydrogen-bond donors (Lipinski definition) is 2. The maximum Gasteiger partial charge on any atom is 0.310 e. The number of aliphatic imine (C=N–C) groups is 1. The van der Waals surface area contributed by atoms with Crippen molar-refractivity contribution in [3.05, 3.63) is 54.0 Å². The van der Waals surface area contributed by atoms with Crippen LogP contribution in [0.2, 0.25) is 0 Å². The number of carbonyl (C=O) groups is 2. The minimum absolute atomic E-state index is 0.116. The summed E-state index contributed by atoms with van der Waals surface area (Å²) in [6, 6.07) is 10.8. The van der Waals surface area contributed by atoms with Crippen LogP contribution in [0.15, 0.2) is 52.1 Å². The van der Waals surface area contributed by atoms with Crippen LogP contribution in [0.25, 0.3) is 0 Å². The van der Waals surface area contributed by atoms with E-state index in [4.69, 9.17) is 14.1 Å². The third kappa shape index (κ3) is 6.34.